The van der Waals surface area contributed by atoms with E-state index in [4.69, 9.17) is 0 Å². The maximum atomic E-state index is 11.2. The van der Waals surface area contributed by atoms with Crippen LogP contribution in [0.4, 0.5) is 0 Å². The van der Waals surface area contributed by atoms with Gasteiger partial charge in [-0.05, 0) is 81.0 Å². The van der Waals surface area contributed by atoms with E-state index < -0.39 is 0 Å². The van der Waals surface area contributed by atoms with E-state index >= 15 is 0 Å². The van der Waals surface area contributed by atoms with Crippen LogP contribution in [0.3, 0.4) is 0 Å². The summed E-state index contributed by atoms with van der Waals surface area (Å²) in [4.78, 5) is 11.2. The predicted octanol–water partition coefficient (Wildman–Crippen LogP) is 4.72. The van der Waals surface area contributed by atoms with Gasteiger partial charge in [-0.15, -0.1) is 0 Å². The maximum absolute atomic E-state index is 11.2. The molecule has 3 aliphatic carbocycles. The van der Waals surface area contributed by atoms with Crippen molar-refractivity contribution >= 4 is 6.41 Å². The summed E-state index contributed by atoms with van der Waals surface area (Å²) in [7, 11) is 0. The highest BCUT2D eigenvalue weighted by atomic mass is 16.1. The molecule has 3 fully saturated rings. The highest BCUT2D eigenvalue weighted by Gasteiger charge is 2.62. The molecule has 0 unspecified atom stereocenters. The van der Waals surface area contributed by atoms with E-state index in [0.717, 1.165) is 36.2 Å². The largest absolute Gasteiger partial charge is 0.353 e. The second-order valence-corrected chi connectivity index (χ2v) is 8.97. The highest BCUT2D eigenvalue weighted by Crippen LogP contribution is 2.67. The molecule has 0 bridgehead atoms. The van der Waals surface area contributed by atoms with Crippen molar-refractivity contribution in [2.24, 2.45) is 35.0 Å². The molecule has 3 aliphatic rings. The van der Waals surface area contributed by atoms with Crippen molar-refractivity contribution < 1.29 is 4.79 Å². The van der Waals surface area contributed by atoms with Crippen molar-refractivity contribution in [3.05, 3.63) is 24.3 Å². The Balaban J connectivity index is 2.04. The molecule has 1 amide bonds. The highest BCUT2D eigenvalue weighted by molar-refractivity contribution is 5.48. The topological polar surface area (TPSA) is 29.1 Å². The first-order valence-corrected chi connectivity index (χ1v) is 9.40. The lowest BCUT2D eigenvalue weighted by Crippen LogP contribution is -2.59. The zero-order valence-electron chi connectivity index (χ0n) is 15.3. The Morgan fingerprint density at radius 1 is 1.26 bits per heavy atom. The van der Waals surface area contributed by atoms with Crippen LogP contribution in [-0.2, 0) is 4.79 Å². The standard InChI is InChI=1S/C21H33NO/c1-14(2)8-11-21-12-15(3)17-9-10-20(5,22-13-23)18(19(17)21)7-6-16(21)4/h8,11,13,15-19H,1,6-7,9-10,12H2,2-5H3,(H,22,23)/t15-,16+,17+,18-,19+,20-,21-/m0/s1. The number of hydrogen-bond donors (Lipinski definition) is 1. The summed E-state index contributed by atoms with van der Waals surface area (Å²) in [6, 6.07) is 0. The molecule has 1 N–H and O–H groups in total. The first-order chi connectivity index (χ1) is 10.8. The van der Waals surface area contributed by atoms with Crippen LogP contribution < -0.4 is 5.32 Å². The number of hydrogen-bond acceptors (Lipinski definition) is 1. The fourth-order valence-corrected chi connectivity index (χ4v) is 6.46. The minimum Gasteiger partial charge on any atom is -0.353 e. The van der Waals surface area contributed by atoms with E-state index in [1.165, 1.54) is 25.7 Å². The monoisotopic (exact) mass is 315 g/mol. The molecular formula is C21H33NO. The number of carbonyl (C=O) groups is 1. The van der Waals surface area contributed by atoms with Crippen LogP contribution >= 0.6 is 0 Å². The summed E-state index contributed by atoms with van der Waals surface area (Å²) in [6.45, 7) is 13.4. The van der Waals surface area contributed by atoms with Gasteiger partial charge in [-0.3, -0.25) is 4.79 Å². The van der Waals surface area contributed by atoms with E-state index in [2.05, 4.69) is 51.7 Å². The van der Waals surface area contributed by atoms with Crippen molar-refractivity contribution in [1.82, 2.24) is 5.32 Å². The van der Waals surface area contributed by atoms with E-state index in [1.807, 2.05) is 0 Å². The zero-order valence-corrected chi connectivity index (χ0v) is 15.3. The summed E-state index contributed by atoms with van der Waals surface area (Å²) < 4.78 is 0. The molecule has 2 nitrogen and oxygen atoms in total. The molecule has 128 valence electrons. The van der Waals surface area contributed by atoms with Gasteiger partial charge in [0.1, 0.15) is 0 Å². The average molecular weight is 316 g/mol. The van der Waals surface area contributed by atoms with Gasteiger partial charge >= 0.3 is 0 Å². The molecule has 0 heterocycles. The van der Waals surface area contributed by atoms with Crippen molar-refractivity contribution in [3.63, 3.8) is 0 Å². The molecule has 23 heavy (non-hydrogen) atoms. The summed E-state index contributed by atoms with van der Waals surface area (Å²) in [5.41, 5.74) is 1.43. The predicted molar refractivity (Wildman–Crippen MR) is 95.9 cm³/mol. The SMILES string of the molecule is C=C(C)C=C[C@]12C[C@H](C)[C@H]3CC[C@](C)(NC=O)[C@@H](CC[C@H]1C)[C@@H]32. The van der Waals surface area contributed by atoms with Gasteiger partial charge in [0.2, 0.25) is 6.41 Å². The van der Waals surface area contributed by atoms with Gasteiger partial charge in [0, 0.05) is 5.54 Å². The number of carbonyl (C=O) groups excluding carboxylic acids is 1. The van der Waals surface area contributed by atoms with E-state index in [1.54, 1.807) is 0 Å². The molecule has 0 radical (unpaired) electrons. The summed E-state index contributed by atoms with van der Waals surface area (Å²) in [6.07, 6.45) is 11.9. The summed E-state index contributed by atoms with van der Waals surface area (Å²) in [5, 5.41) is 3.22. The minimum absolute atomic E-state index is 0.0184. The Labute approximate surface area is 141 Å². The fourth-order valence-electron chi connectivity index (χ4n) is 6.46. The quantitative estimate of drug-likeness (QED) is 0.590. The Kier molecular flexibility index (Phi) is 4.23. The number of rotatable bonds is 4. The molecule has 0 aromatic rings. The maximum Gasteiger partial charge on any atom is 0.207 e. The summed E-state index contributed by atoms with van der Waals surface area (Å²) >= 11 is 0. The molecule has 2 heteroatoms. The third-order valence-electron chi connectivity index (χ3n) is 7.63. The molecule has 7 atom stereocenters. The minimum atomic E-state index is -0.0184. The van der Waals surface area contributed by atoms with Crippen molar-refractivity contribution in [2.75, 3.05) is 0 Å². The van der Waals surface area contributed by atoms with Crippen LogP contribution in [-0.4, -0.2) is 11.9 Å². The van der Waals surface area contributed by atoms with Gasteiger partial charge in [-0.1, -0.05) is 38.2 Å². The van der Waals surface area contributed by atoms with Crippen LogP contribution in [0.25, 0.3) is 0 Å². The Morgan fingerprint density at radius 3 is 2.65 bits per heavy atom. The zero-order chi connectivity index (χ0) is 16.8. The van der Waals surface area contributed by atoms with E-state index in [0.29, 0.717) is 17.3 Å². The van der Waals surface area contributed by atoms with Crippen molar-refractivity contribution in [2.45, 2.75) is 65.3 Å². The van der Waals surface area contributed by atoms with Crippen LogP contribution in [0.15, 0.2) is 24.3 Å². The van der Waals surface area contributed by atoms with Gasteiger partial charge in [0.15, 0.2) is 0 Å². The van der Waals surface area contributed by atoms with E-state index in [9.17, 15) is 4.79 Å². The first-order valence-electron chi connectivity index (χ1n) is 9.40. The van der Waals surface area contributed by atoms with E-state index in [-0.39, 0.29) is 5.54 Å². The first kappa shape index (κ1) is 16.8. The molecule has 0 aromatic carbocycles. The Bertz CT molecular complexity index is 524. The third kappa shape index (κ3) is 2.49. The smallest absolute Gasteiger partial charge is 0.207 e. The van der Waals surface area contributed by atoms with Gasteiger partial charge in [-0.25, -0.2) is 0 Å². The number of amides is 1. The molecule has 0 aliphatic heterocycles. The molecular weight excluding hydrogens is 282 g/mol. The van der Waals surface area contributed by atoms with Gasteiger partial charge in [-0.2, -0.15) is 0 Å². The lowest BCUT2D eigenvalue weighted by molar-refractivity contribution is -0.115. The van der Waals surface area contributed by atoms with Crippen molar-refractivity contribution in [1.29, 1.82) is 0 Å². The third-order valence-corrected chi connectivity index (χ3v) is 7.63. The van der Waals surface area contributed by atoms with Crippen molar-refractivity contribution in [3.8, 4) is 0 Å². The van der Waals surface area contributed by atoms with Crippen LogP contribution in [0.5, 0.6) is 0 Å². The second-order valence-electron chi connectivity index (χ2n) is 8.97. The lowest BCUT2D eigenvalue weighted by Gasteiger charge is -2.57. The fraction of sp³-hybridized carbons (Fsp3) is 0.762. The molecule has 0 aromatic heterocycles. The Morgan fingerprint density at radius 2 is 2.00 bits per heavy atom. The normalized spacial score (nSPS) is 49.0. The summed E-state index contributed by atoms with van der Waals surface area (Å²) in [5.74, 6) is 3.66. The van der Waals surface area contributed by atoms with Crippen LogP contribution in [0.1, 0.15) is 59.8 Å². The Hall–Kier alpha value is -1.05. The molecule has 0 saturated heterocycles. The van der Waals surface area contributed by atoms with Gasteiger partial charge < -0.3 is 5.32 Å². The number of nitrogens with one attached hydrogen (secondary N) is 1. The second kappa shape index (κ2) is 5.79. The molecule has 0 spiro atoms. The van der Waals surface area contributed by atoms with Gasteiger partial charge in [0.25, 0.3) is 0 Å². The average Bonchev–Trinajstić information content (AvgIpc) is 2.78. The van der Waals surface area contributed by atoms with Gasteiger partial charge in [0.05, 0.1) is 0 Å². The lowest BCUT2D eigenvalue weighted by atomic mass is 9.50. The molecule has 3 rings (SSSR count). The van der Waals surface area contributed by atoms with Crippen LogP contribution in [0, 0.1) is 35.0 Å². The molecule has 3 saturated carbocycles. The van der Waals surface area contributed by atoms with Crippen LogP contribution in [0.2, 0.25) is 0 Å². The number of allylic oxidation sites excluding steroid dienone is 3.